The Morgan fingerprint density at radius 1 is 1.44 bits per heavy atom. The van der Waals surface area contributed by atoms with Crippen LogP contribution in [0.2, 0.25) is 0 Å². The van der Waals surface area contributed by atoms with Gasteiger partial charge in [0.05, 0.1) is 5.60 Å². The van der Waals surface area contributed by atoms with Gasteiger partial charge in [-0.2, -0.15) is 0 Å². The van der Waals surface area contributed by atoms with Crippen LogP contribution in [0.5, 0.6) is 0 Å². The third kappa shape index (κ3) is 3.09. The minimum atomic E-state index is -0.969. The van der Waals surface area contributed by atoms with Crippen molar-refractivity contribution >= 4 is 0 Å². The van der Waals surface area contributed by atoms with Crippen molar-refractivity contribution in [1.29, 1.82) is 0 Å². The zero-order chi connectivity index (χ0) is 13.2. The van der Waals surface area contributed by atoms with E-state index in [9.17, 15) is 9.50 Å². The molecule has 100 valence electrons. The number of hydrogen-bond acceptors (Lipinski definition) is 2. The molecule has 2 N–H and O–H groups in total. The lowest BCUT2D eigenvalue weighted by Crippen LogP contribution is -2.39. The smallest absolute Gasteiger partial charge is 0.126 e. The summed E-state index contributed by atoms with van der Waals surface area (Å²) < 4.78 is 13.6. The fourth-order valence-electron chi connectivity index (χ4n) is 2.62. The summed E-state index contributed by atoms with van der Waals surface area (Å²) in [7, 11) is 0. The standard InChI is InChI=1S/C15H22FNO/c1-11-6-7-12(9-14(11)16)15(2,18)10-13-5-3-4-8-17-13/h6-7,9,13,17-18H,3-5,8,10H2,1-2H3. The van der Waals surface area contributed by atoms with Gasteiger partial charge in [0, 0.05) is 6.04 Å². The van der Waals surface area contributed by atoms with Crippen LogP contribution in [-0.4, -0.2) is 17.7 Å². The molecule has 18 heavy (non-hydrogen) atoms. The van der Waals surface area contributed by atoms with Gasteiger partial charge in [-0.25, -0.2) is 4.39 Å². The first-order chi connectivity index (χ1) is 8.49. The summed E-state index contributed by atoms with van der Waals surface area (Å²) in [5, 5.41) is 14.0. The molecule has 2 nitrogen and oxygen atoms in total. The first kappa shape index (κ1) is 13.5. The fraction of sp³-hybridized carbons (Fsp3) is 0.600. The van der Waals surface area contributed by atoms with Crippen LogP contribution >= 0.6 is 0 Å². The van der Waals surface area contributed by atoms with Crippen LogP contribution < -0.4 is 5.32 Å². The van der Waals surface area contributed by atoms with Crippen molar-refractivity contribution in [3.05, 3.63) is 35.1 Å². The molecule has 1 fully saturated rings. The number of rotatable bonds is 3. The molecule has 1 aromatic rings. The second-order valence-electron chi connectivity index (χ2n) is 5.59. The summed E-state index contributed by atoms with van der Waals surface area (Å²) in [6.07, 6.45) is 4.13. The topological polar surface area (TPSA) is 32.3 Å². The Balaban J connectivity index is 2.10. The molecule has 0 aromatic heterocycles. The van der Waals surface area contributed by atoms with Crippen molar-refractivity contribution in [3.63, 3.8) is 0 Å². The highest BCUT2D eigenvalue weighted by atomic mass is 19.1. The van der Waals surface area contributed by atoms with Gasteiger partial charge in [-0.3, -0.25) is 0 Å². The molecule has 0 spiro atoms. The molecule has 1 aromatic carbocycles. The summed E-state index contributed by atoms with van der Waals surface area (Å²) in [5.41, 5.74) is 0.312. The van der Waals surface area contributed by atoms with Gasteiger partial charge in [0.1, 0.15) is 5.82 Å². The van der Waals surface area contributed by atoms with Crippen LogP contribution in [0.25, 0.3) is 0 Å². The third-order valence-electron chi connectivity index (χ3n) is 3.85. The van der Waals surface area contributed by atoms with Gasteiger partial charge in [-0.1, -0.05) is 18.6 Å². The second-order valence-corrected chi connectivity index (χ2v) is 5.59. The normalized spacial score (nSPS) is 23.7. The van der Waals surface area contributed by atoms with E-state index in [1.165, 1.54) is 18.9 Å². The Labute approximate surface area is 108 Å². The number of nitrogens with one attached hydrogen (secondary N) is 1. The van der Waals surface area contributed by atoms with Gasteiger partial charge in [-0.05, 0) is 56.8 Å². The molecular weight excluding hydrogens is 229 g/mol. The zero-order valence-corrected chi connectivity index (χ0v) is 11.2. The predicted octanol–water partition coefficient (Wildman–Crippen LogP) is 2.87. The van der Waals surface area contributed by atoms with Crippen LogP contribution in [0.3, 0.4) is 0 Å². The van der Waals surface area contributed by atoms with E-state index < -0.39 is 5.60 Å². The number of halogens is 1. The van der Waals surface area contributed by atoms with Crippen LogP contribution in [0.15, 0.2) is 18.2 Å². The van der Waals surface area contributed by atoms with Crippen molar-refractivity contribution in [2.24, 2.45) is 0 Å². The molecular formula is C15H22FNO. The highest BCUT2D eigenvalue weighted by molar-refractivity contribution is 5.27. The molecule has 1 aliphatic rings. The first-order valence-electron chi connectivity index (χ1n) is 6.71. The second kappa shape index (κ2) is 5.37. The molecule has 0 amide bonds. The summed E-state index contributed by atoms with van der Waals surface area (Å²) >= 11 is 0. The zero-order valence-electron chi connectivity index (χ0n) is 11.2. The van der Waals surface area contributed by atoms with Crippen molar-refractivity contribution in [3.8, 4) is 0 Å². The first-order valence-corrected chi connectivity index (χ1v) is 6.71. The third-order valence-corrected chi connectivity index (χ3v) is 3.85. The van der Waals surface area contributed by atoms with E-state index in [0.29, 0.717) is 23.6 Å². The van der Waals surface area contributed by atoms with Crippen LogP contribution in [-0.2, 0) is 5.60 Å². The highest BCUT2D eigenvalue weighted by Gasteiger charge is 2.28. The Hall–Kier alpha value is -0.930. The van der Waals surface area contributed by atoms with Crippen molar-refractivity contribution in [2.45, 2.75) is 51.2 Å². The number of piperidine rings is 1. The average molecular weight is 251 g/mol. The molecule has 0 bridgehead atoms. The van der Waals surface area contributed by atoms with E-state index in [2.05, 4.69) is 5.32 Å². The molecule has 0 radical (unpaired) electrons. The van der Waals surface area contributed by atoms with E-state index in [0.717, 1.165) is 13.0 Å². The molecule has 2 atom stereocenters. The lowest BCUT2D eigenvalue weighted by molar-refractivity contribution is 0.0329. The van der Waals surface area contributed by atoms with Gasteiger partial charge >= 0.3 is 0 Å². The molecule has 1 saturated heterocycles. The summed E-state index contributed by atoms with van der Waals surface area (Å²) in [6.45, 7) is 4.52. The quantitative estimate of drug-likeness (QED) is 0.865. The SMILES string of the molecule is Cc1ccc(C(C)(O)CC2CCCCN2)cc1F. The maximum Gasteiger partial charge on any atom is 0.126 e. The lowest BCUT2D eigenvalue weighted by atomic mass is 9.86. The van der Waals surface area contributed by atoms with Crippen molar-refractivity contribution in [2.75, 3.05) is 6.54 Å². The maximum absolute atomic E-state index is 13.6. The van der Waals surface area contributed by atoms with Crippen LogP contribution in [0, 0.1) is 12.7 Å². The average Bonchev–Trinajstić information content (AvgIpc) is 2.33. The minimum absolute atomic E-state index is 0.246. The van der Waals surface area contributed by atoms with Gasteiger partial charge < -0.3 is 10.4 Å². The van der Waals surface area contributed by atoms with E-state index in [4.69, 9.17) is 0 Å². The Kier molecular flexibility index (Phi) is 4.03. The fourth-order valence-corrected chi connectivity index (χ4v) is 2.62. The van der Waals surface area contributed by atoms with Gasteiger partial charge in [0.2, 0.25) is 0 Å². The summed E-state index contributed by atoms with van der Waals surface area (Å²) in [6, 6.07) is 5.34. The van der Waals surface area contributed by atoms with Crippen molar-refractivity contribution < 1.29 is 9.50 Å². The Morgan fingerprint density at radius 3 is 2.83 bits per heavy atom. The van der Waals surface area contributed by atoms with Crippen molar-refractivity contribution in [1.82, 2.24) is 5.32 Å². The van der Waals surface area contributed by atoms with Crippen LogP contribution in [0.1, 0.15) is 43.7 Å². The predicted molar refractivity (Wildman–Crippen MR) is 71.0 cm³/mol. The van der Waals surface area contributed by atoms with E-state index in [1.54, 1.807) is 19.9 Å². The number of benzene rings is 1. The molecule has 1 aliphatic heterocycles. The number of hydrogen-bond donors (Lipinski definition) is 2. The molecule has 0 aliphatic carbocycles. The maximum atomic E-state index is 13.6. The highest BCUT2D eigenvalue weighted by Crippen LogP contribution is 2.29. The Morgan fingerprint density at radius 2 is 2.22 bits per heavy atom. The van der Waals surface area contributed by atoms with Gasteiger partial charge in [0.25, 0.3) is 0 Å². The molecule has 0 saturated carbocycles. The van der Waals surface area contributed by atoms with Gasteiger partial charge in [-0.15, -0.1) is 0 Å². The van der Waals surface area contributed by atoms with E-state index in [1.807, 2.05) is 6.07 Å². The monoisotopic (exact) mass is 251 g/mol. The summed E-state index contributed by atoms with van der Waals surface area (Å²) in [4.78, 5) is 0. The minimum Gasteiger partial charge on any atom is -0.385 e. The van der Waals surface area contributed by atoms with E-state index >= 15 is 0 Å². The van der Waals surface area contributed by atoms with E-state index in [-0.39, 0.29) is 5.82 Å². The summed E-state index contributed by atoms with van der Waals surface area (Å²) in [5.74, 6) is -0.246. The molecule has 1 heterocycles. The molecule has 3 heteroatoms. The lowest BCUT2D eigenvalue weighted by Gasteiger charge is -2.32. The Bertz CT molecular complexity index is 411. The molecule has 2 unspecified atom stereocenters. The van der Waals surface area contributed by atoms with Crippen LogP contribution in [0.4, 0.5) is 4.39 Å². The number of aryl methyl sites for hydroxylation is 1. The van der Waals surface area contributed by atoms with Gasteiger partial charge in [0.15, 0.2) is 0 Å². The number of aliphatic hydroxyl groups is 1. The largest absolute Gasteiger partial charge is 0.385 e. The molecule has 2 rings (SSSR count).